The van der Waals surface area contributed by atoms with Gasteiger partial charge >= 0.3 is 0 Å². The van der Waals surface area contributed by atoms with E-state index >= 15 is 0 Å². The minimum absolute atomic E-state index is 0.130. The lowest BCUT2D eigenvalue weighted by molar-refractivity contribution is -0.114. The topological polar surface area (TPSA) is 51.1 Å². The number of carbonyl (C=O) groups is 1. The molecule has 3 rings (SSSR count). The van der Waals surface area contributed by atoms with Gasteiger partial charge in [0.05, 0.1) is 30.2 Å². The first kappa shape index (κ1) is 23.6. The highest BCUT2D eigenvalue weighted by Crippen LogP contribution is 2.31. The number of unbranched alkanes of at least 4 members (excludes halogenated alkanes) is 5. The fourth-order valence-corrected chi connectivity index (χ4v) is 3.66. The third-order valence-electron chi connectivity index (χ3n) is 5.40. The number of benzene rings is 2. The minimum Gasteiger partial charge on any atom is -0.490 e. The molecule has 1 aliphatic heterocycles. The van der Waals surface area contributed by atoms with Gasteiger partial charge < -0.3 is 9.47 Å². The minimum atomic E-state index is -0.130. The Morgan fingerprint density at radius 1 is 0.906 bits per heavy atom. The molecule has 1 aliphatic rings. The third kappa shape index (κ3) is 6.22. The van der Waals surface area contributed by atoms with E-state index in [9.17, 15) is 4.79 Å². The number of hydrogen-bond acceptors (Lipinski definition) is 4. The number of anilines is 1. The fourth-order valence-electron chi connectivity index (χ4n) is 3.66. The SMILES string of the molecule is CCCCCCCCOc1ccc(/C=C2\C(=O)N(c3ccccc3)N=C2C)cc1OCC. The summed E-state index contributed by atoms with van der Waals surface area (Å²) in [4.78, 5) is 13.0. The van der Waals surface area contributed by atoms with Gasteiger partial charge in [0.25, 0.3) is 5.91 Å². The summed E-state index contributed by atoms with van der Waals surface area (Å²) >= 11 is 0. The number of carbonyl (C=O) groups excluding carboxylic acids is 1. The van der Waals surface area contributed by atoms with Gasteiger partial charge in [0.15, 0.2) is 11.5 Å². The molecule has 1 amide bonds. The summed E-state index contributed by atoms with van der Waals surface area (Å²) in [7, 11) is 0. The molecule has 0 unspecified atom stereocenters. The fraction of sp³-hybridized carbons (Fsp3) is 0.407. The number of hydrogen-bond donors (Lipinski definition) is 0. The maximum absolute atomic E-state index is 13.0. The Morgan fingerprint density at radius 3 is 2.41 bits per heavy atom. The van der Waals surface area contributed by atoms with Crippen molar-refractivity contribution in [2.75, 3.05) is 18.2 Å². The third-order valence-corrected chi connectivity index (χ3v) is 5.40. The normalized spacial score (nSPS) is 14.7. The molecule has 0 saturated heterocycles. The van der Waals surface area contributed by atoms with Crippen molar-refractivity contribution in [3.63, 3.8) is 0 Å². The van der Waals surface area contributed by atoms with Gasteiger partial charge in [-0.15, -0.1) is 0 Å². The van der Waals surface area contributed by atoms with Crippen molar-refractivity contribution in [1.29, 1.82) is 0 Å². The van der Waals surface area contributed by atoms with Crippen molar-refractivity contribution < 1.29 is 14.3 Å². The molecular weight excluding hydrogens is 400 g/mol. The van der Waals surface area contributed by atoms with E-state index in [4.69, 9.17) is 9.47 Å². The summed E-state index contributed by atoms with van der Waals surface area (Å²) in [6.07, 6.45) is 9.22. The highest BCUT2D eigenvalue weighted by Gasteiger charge is 2.28. The summed E-state index contributed by atoms with van der Waals surface area (Å²) < 4.78 is 11.8. The van der Waals surface area contributed by atoms with Crippen molar-refractivity contribution in [3.05, 3.63) is 59.7 Å². The highest BCUT2D eigenvalue weighted by molar-refractivity contribution is 6.32. The summed E-state index contributed by atoms with van der Waals surface area (Å²) in [6, 6.07) is 15.3. The monoisotopic (exact) mass is 434 g/mol. The van der Waals surface area contributed by atoms with Crippen LogP contribution in [0.3, 0.4) is 0 Å². The Morgan fingerprint density at radius 2 is 1.66 bits per heavy atom. The predicted molar refractivity (Wildman–Crippen MR) is 131 cm³/mol. The van der Waals surface area contributed by atoms with Crippen LogP contribution < -0.4 is 14.5 Å². The average molecular weight is 435 g/mol. The molecule has 2 aromatic rings. The second-order valence-corrected chi connectivity index (χ2v) is 7.95. The maximum atomic E-state index is 13.0. The quantitative estimate of drug-likeness (QED) is 0.278. The zero-order valence-corrected chi connectivity index (χ0v) is 19.5. The molecule has 0 atom stereocenters. The van der Waals surface area contributed by atoms with Gasteiger partial charge in [0.2, 0.25) is 0 Å². The molecule has 5 nitrogen and oxygen atoms in total. The summed E-state index contributed by atoms with van der Waals surface area (Å²) in [6.45, 7) is 7.28. The van der Waals surface area contributed by atoms with Crippen LogP contribution in [0.5, 0.6) is 11.5 Å². The first-order chi connectivity index (χ1) is 15.6. The van der Waals surface area contributed by atoms with Crippen molar-refractivity contribution in [3.8, 4) is 11.5 Å². The van der Waals surface area contributed by atoms with Crippen LogP contribution in [-0.2, 0) is 4.79 Å². The molecule has 170 valence electrons. The van der Waals surface area contributed by atoms with E-state index in [2.05, 4.69) is 12.0 Å². The van der Waals surface area contributed by atoms with E-state index in [1.807, 2.05) is 68.5 Å². The molecule has 0 aromatic heterocycles. The second-order valence-electron chi connectivity index (χ2n) is 7.95. The van der Waals surface area contributed by atoms with E-state index in [1.165, 1.54) is 37.1 Å². The number of ether oxygens (including phenoxy) is 2. The molecule has 0 spiro atoms. The lowest BCUT2D eigenvalue weighted by atomic mass is 10.1. The van der Waals surface area contributed by atoms with Crippen LogP contribution in [0.2, 0.25) is 0 Å². The second kappa shape index (κ2) is 12.1. The Labute approximate surface area is 191 Å². The molecule has 0 radical (unpaired) electrons. The number of para-hydroxylation sites is 1. The van der Waals surface area contributed by atoms with Crippen molar-refractivity contribution in [2.24, 2.45) is 5.10 Å². The number of hydrazone groups is 1. The Hall–Kier alpha value is -3.08. The molecule has 32 heavy (non-hydrogen) atoms. The molecule has 0 bridgehead atoms. The van der Waals surface area contributed by atoms with Crippen molar-refractivity contribution >= 4 is 23.4 Å². The number of amides is 1. The van der Waals surface area contributed by atoms with E-state index < -0.39 is 0 Å². The van der Waals surface area contributed by atoms with Gasteiger partial charge in [-0.25, -0.2) is 0 Å². The van der Waals surface area contributed by atoms with Crippen LogP contribution in [-0.4, -0.2) is 24.8 Å². The predicted octanol–water partition coefficient (Wildman–Crippen LogP) is 6.63. The Balaban J connectivity index is 1.68. The largest absolute Gasteiger partial charge is 0.490 e. The lowest BCUT2D eigenvalue weighted by Crippen LogP contribution is -2.21. The van der Waals surface area contributed by atoms with Crippen molar-refractivity contribution in [2.45, 2.75) is 59.3 Å². The average Bonchev–Trinajstić information content (AvgIpc) is 3.09. The van der Waals surface area contributed by atoms with Gasteiger partial charge in [0, 0.05) is 0 Å². The summed E-state index contributed by atoms with van der Waals surface area (Å²) in [5.74, 6) is 1.32. The van der Waals surface area contributed by atoms with Crippen molar-refractivity contribution in [1.82, 2.24) is 0 Å². The van der Waals surface area contributed by atoms with Crippen LogP contribution in [0, 0.1) is 0 Å². The van der Waals surface area contributed by atoms with Crippen LogP contribution in [0.15, 0.2) is 59.2 Å². The number of rotatable bonds is 12. The zero-order valence-electron chi connectivity index (χ0n) is 19.5. The molecule has 0 fully saturated rings. The van der Waals surface area contributed by atoms with Crippen LogP contribution in [0.4, 0.5) is 5.69 Å². The van der Waals surface area contributed by atoms with E-state index in [0.717, 1.165) is 23.4 Å². The first-order valence-electron chi connectivity index (χ1n) is 11.7. The first-order valence-corrected chi connectivity index (χ1v) is 11.7. The Bertz CT molecular complexity index is 951. The van der Waals surface area contributed by atoms with Gasteiger partial charge in [-0.3, -0.25) is 4.79 Å². The van der Waals surface area contributed by atoms with Crippen LogP contribution in [0.1, 0.15) is 64.9 Å². The smallest absolute Gasteiger partial charge is 0.280 e. The molecule has 1 heterocycles. The standard InChI is InChI=1S/C27H34N2O3/c1-4-6-7-8-9-13-18-32-25-17-16-22(20-26(25)31-5-2)19-24-21(3)28-29(27(24)30)23-14-11-10-12-15-23/h10-12,14-17,19-20H,4-9,13,18H2,1-3H3/b24-19-. The maximum Gasteiger partial charge on any atom is 0.280 e. The summed E-state index contributed by atoms with van der Waals surface area (Å²) in [5.41, 5.74) is 2.92. The van der Waals surface area contributed by atoms with Gasteiger partial charge in [-0.1, -0.05) is 63.3 Å². The molecule has 0 N–H and O–H groups in total. The molecule has 5 heteroatoms. The van der Waals surface area contributed by atoms with Gasteiger partial charge in [-0.2, -0.15) is 10.1 Å². The van der Waals surface area contributed by atoms with E-state index in [-0.39, 0.29) is 5.91 Å². The van der Waals surface area contributed by atoms with E-state index in [1.54, 1.807) is 0 Å². The molecule has 0 saturated carbocycles. The van der Waals surface area contributed by atoms with Crippen LogP contribution in [0.25, 0.3) is 6.08 Å². The summed E-state index contributed by atoms with van der Waals surface area (Å²) in [5, 5.41) is 5.89. The highest BCUT2D eigenvalue weighted by atomic mass is 16.5. The Kier molecular flexibility index (Phi) is 8.90. The van der Waals surface area contributed by atoms with Crippen LogP contribution >= 0.6 is 0 Å². The zero-order chi connectivity index (χ0) is 22.8. The molecule has 2 aromatic carbocycles. The lowest BCUT2D eigenvalue weighted by Gasteiger charge is -2.13. The van der Waals surface area contributed by atoms with Gasteiger partial charge in [0.1, 0.15) is 0 Å². The molecule has 0 aliphatic carbocycles. The van der Waals surface area contributed by atoms with E-state index in [0.29, 0.717) is 30.2 Å². The molecular formula is C27H34N2O3. The number of nitrogens with zero attached hydrogens (tertiary/aromatic N) is 2. The van der Waals surface area contributed by atoms with Gasteiger partial charge in [-0.05, 0) is 56.2 Å².